The lowest BCUT2D eigenvalue weighted by Crippen LogP contribution is -2.05. The van der Waals surface area contributed by atoms with Crippen LogP contribution in [0.4, 0.5) is 0 Å². The maximum absolute atomic E-state index is 12.0. The second-order valence-corrected chi connectivity index (χ2v) is 4.76. The molecule has 4 nitrogen and oxygen atoms in total. The third-order valence-electron chi connectivity index (χ3n) is 3.32. The first-order valence-corrected chi connectivity index (χ1v) is 6.78. The summed E-state index contributed by atoms with van der Waals surface area (Å²) in [6.07, 6.45) is 1.72. The normalized spacial score (nSPS) is 10.1. The molecule has 22 heavy (non-hydrogen) atoms. The Bertz CT molecular complexity index is 859. The van der Waals surface area contributed by atoms with Gasteiger partial charge in [-0.1, -0.05) is 24.3 Å². The molecular formula is C18H12N2O2. The van der Waals surface area contributed by atoms with Gasteiger partial charge in [-0.15, -0.1) is 0 Å². The zero-order valence-corrected chi connectivity index (χ0v) is 11.7. The summed E-state index contributed by atoms with van der Waals surface area (Å²) in [6.45, 7) is 0.160. The lowest BCUT2D eigenvalue weighted by atomic mass is 10.1. The molecule has 3 aromatic rings. The van der Waals surface area contributed by atoms with E-state index in [1.807, 2.05) is 36.4 Å². The molecule has 0 aliphatic carbocycles. The molecule has 0 aliphatic rings. The average molecular weight is 288 g/mol. The van der Waals surface area contributed by atoms with Crippen LogP contribution in [0.25, 0.3) is 10.9 Å². The van der Waals surface area contributed by atoms with Crippen molar-refractivity contribution in [3.63, 3.8) is 0 Å². The standard InChI is InChI=1S/C18H12N2O2/c19-11-13-6-8-15(9-7-13)18(21)22-12-16-4-1-3-14-5-2-10-20-17(14)16/h1-10H,12H2. The molecule has 1 aromatic heterocycles. The Morgan fingerprint density at radius 1 is 1.09 bits per heavy atom. The van der Waals surface area contributed by atoms with Gasteiger partial charge in [0.15, 0.2) is 0 Å². The largest absolute Gasteiger partial charge is 0.457 e. The maximum Gasteiger partial charge on any atom is 0.338 e. The summed E-state index contributed by atoms with van der Waals surface area (Å²) in [5, 5.41) is 9.76. The van der Waals surface area contributed by atoms with Crippen molar-refractivity contribution in [1.29, 1.82) is 5.26 Å². The smallest absolute Gasteiger partial charge is 0.338 e. The number of hydrogen-bond acceptors (Lipinski definition) is 4. The SMILES string of the molecule is N#Cc1ccc(C(=O)OCc2cccc3cccnc23)cc1. The number of aromatic nitrogens is 1. The fourth-order valence-electron chi connectivity index (χ4n) is 2.19. The zero-order chi connectivity index (χ0) is 15.4. The van der Waals surface area contributed by atoms with Gasteiger partial charge >= 0.3 is 5.97 Å². The fraction of sp³-hybridized carbons (Fsp3) is 0.0556. The summed E-state index contributed by atoms with van der Waals surface area (Å²) in [5.41, 5.74) is 2.62. The summed E-state index contributed by atoms with van der Waals surface area (Å²) >= 11 is 0. The number of carbonyl (C=O) groups is 1. The second-order valence-electron chi connectivity index (χ2n) is 4.76. The fourth-order valence-corrected chi connectivity index (χ4v) is 2.19. The van der Waals surface area contributed by atoms with E-state index < -0.39 is 5.97 Å². The Labute approximate surface area is 127 Å². The number of pyridine rings is 1. The van der Waals surface area contributed by atoms with Gasteiger partial charge in [-0.05, 0) is 30.3 Å². The summed E-state index contributed by atoms with van der Waals surface area (Å²) in [4.78, 5) is 16.4. The predicted octanol–water partition coefficient (Wildman–Crippen LogP) is 3.46. The first-order valence-electron chi connectivity index (χ1n) is 6.78. The predicted molar refractivity (Wildman–Crippen MR) is 82.0 cm³/mol. The van der Waals surface area contributed by atoms with E-state index in [0.29, 0.717) is 11.1 Å². The molecule has 0 unspecified atom stereocenters. The first kappa shape index (κ1) is 13.8. The number of esters is 1. The number of ether oxygens (including phenoxy) is 1. The molecule has 1 heterocycles. The van der Waals surface area contributed by atoms with Crippen molar-refractivity contribution in [2.45, 2.75) is 6.61 Å². The van der Waals surface area contributed by atoms with Gasteiger partial charge in [0.1, 0.15) is 6.61 Å². The molecule has 0 fully saturated rings. The van der Waals surface area contributed by atoms with Crippen molar-refractivity contribution in [2.24, 2.45) is 0 Å². The third kappa shape index (κ3) is 2.79. The number of carbonyl (C=O) groups excluding carboxylic acids is 1. The van der Waals surface area contributed by atoms with Crippen LogP contribution in [0, 0.1) is 11.3 Å². The van der Waals surface area contributed by atoms with E-state index in [1.54, 1.807) is 30.5 Å². The molecule has 0 amide bonds. The topological polar surface area (TPSA) is 63.0 Å². The highest BCUT2D eigenvalue weighted by atomic mass is 16.5. The van der Waals surface area contributed by atoms with E-state index in [2.05, 4.69) is 4.98 Å². The minimum Gasteiger partial charge on any atom is -0.457 e. The Kier molecular flexibility index (Phi) is 3.80. The van der Waals surface area contributed by atoms with Crippen LogP contribution in [-0.4, -0.2) is 11.0 Å². The van der Waals surface area contributed by atoms with Gasteiger partial charge in [0.2, 0.25) is 0 Å². The summed E-state index contributed by atoms with van der Waals surface area (Å²) in [5.74, 6) is -0.419. The van der Waals surface area contributed by atoms with Crippen LogP contribution in [0.5, 0.6) is 0 Å². The Balaban J connectivity index is 1.76. The highest BCUT2D eigenvalue weighted by molar-refractivity contribution is 5.89. The monoisotopic (exact) mass is 288 g/mol. The summed E-state index contributed by atoms with van der Waals surface area (Å²) < 4.78 is 5.33. The molecule has 0 saturated carbocycles. The number of nitriles is 1. The summed E-state index contributed by atoms with van der Waals surface area (Å²) in [7, 11) is 0. The molecule has 0 N–H and O–H groups in total. The first-order chi connectivity index (χ1) is 10.8. The minimum absolute atomic E-state index is 0.160. The number of nitrogens with zero attached hydrogens (tertiary/aromatic N) is 2. The average Bonchev–Trinajstić information content (AvgIpc) is 2.59. The summed E-state index contributed by atoms with van der Waals surface area (Å²) in [6, 6.07) is 18.0. The van der Waals surface area contributed by atoms with Gasteiger partial charge < -0.3 is 4.74 Å². The van der Waals surface area contributed by atoms with Gasteiger partial charge in [-0.2, -0.15) is 5.26 Å². The van der Waals surface area contributed by atoms with Crippen LogP contribution in [0.1, 0.15) is 21.5 Å². The number of benzene rings is 2. The molecule has 4 heteroatoms. The minimum atomic E-state index is -0.419. The number of para-hydroxylation sites is 1. The van der Waals surface area contributed by atoms with Crippen molar-refractivity contribution >= 4 is 16.9 Å². The lowest BCUT2D eigenvalue weighted by molar-refractivity contribution is 0.0474. The molecule has 0 saturated heterocycles. The molecule has 0 radical (unpaired) electrons. The van der Waals surface area contributed by atoms with E-state index in [4.69, 9.17) is 10.00 Å². The van der Waals surface area contributed by atoms with E-state index in [9.17, 15) is 4.79 Å². The van der Waals surface area contributed by atoms with Crippen molar-refractivity contribution < 1.29 is 9.53 Å². The number of rotatable bonds is 3. The van der Waals surface area contributed by atoms with Crippen LogP contribution < -0.4 is 0 Å². The van der Waals surface area contributed by atoms with Crippen LogP contribution in [0.2, 0.25) is 0 Å². The molecule has 2 aromatic carbocycles. The van der Waals surface area contributed by atoms with Crippen LogP contribution in [0.3, 0.4) is 0 Å². The van der Waals surface area contributed by atoms with Crippen molar-refractivity contribution in [2.75, 3.05) is 0 Å². The van der Waals surface area contributed by atoms with Gasteiger partial charge in [0, 0.05) is 17.1 Å². The van der Waals surface area contributed by atoms with Crippen molar-refractivity contribution in [3.05, 3.63) is 77.5 Å². The molecule has 0 spiro atoms. The highest BCUT2D eigenvalue weighted by Gasteiger charge is 2.09. The Hall–Kier alpha value is -3.19. The zero-order valence-electron chi connectivity index (χ0n) is 11.7. The number of hydrogen-bond donors (Lipinski definition) is 0. The Morgan fingerprint density at radius 2 is 1.86 bits per heavy atom. The third-order valence-corrected chi connectivity index (χ3v) is 3.32. The van der Waals surface area contributed by atoms with Crippen molar-refractivity contribution in [3.8, 4) is 6.07 Å². The van der Waals surface area contributed by atoms with E-state index >= 15 is 0 Å². The molecule has 3 rings (SSSR count). The second kappa shape index (κ2) is 6.06. The Morgan fingerprint density at radius 3 is 2.64 bits per heavy atom. The van der Waals surface area contributed by atoms with Gasteiger partial charge in [-0.3, -0.25) is 4.98 Å². The molecular weight excluding hydrogens is 276 g/mol. The lowest BCUT2D eigenvalue weighted by Gasteiger charge is -2.07. The molecule has 0 aliphatic heterocycles. The van der Waals surface area contributed by atoms with Crippen LogP contribution in [-0.2, 0) is 11.3 Å². The van der Waals surface area contributed by atoms with Crippen molar-refractivity contribution in [1.82, 2.24) is 4.98 Å². The maximum atomic E-state index is 12.0. The quantitative estimate of drug-likeness (QED) is 0.692. The van der Waals surface area contributed by atoms with Gasteiger partial charge in [0.05, 0.1) is 22.7 Å². The van der Waals surface area contributed by atoms with E-state index in [1.165, 1.54) is 0 Å². The molecule has 0 bridgehead atoms. The number of fused-ring (bicyclic) bond motifs is 1. The van der Waals surface area contributed by atoms with E-state index in [-0.39, 0.29) is 6.61 Å². The van der Waals surface area contributed by atoms with E-state index in [0.717, 1.165) is 16.5 Å². The highest BCUT2D eigenvalue weighted by Crippen LogP contribution is 2.17. The van der Waals surface area contributed by atoms with Crippen LogP contribution in [0.15, 0.2) is 60.8 Å². The molecule has 106 valence electrons. The van der Waals surface area contributed by atoms with Gasteiger partial charge in [0.25, 0.3) is 0 Å². The van der Waals surface area contributed by atoms with Gasteiger partial charge in [-0.25, -0.2) is 4.79 Å². The van der Waals surface area contributed by atoms with Crippen LogP contribution >= 0.6 is 0 Å². The molecule has 0 atom stereocenters.